The van der Waals surface area contributed by atoms with E-state index in [-0.39, 0.29) is 6.04 Å². The molecule has 0 aliphatic carbocycles. The monoisotopic (exact) mass is 270 g/mol. The number of rotatable bonds is 4. The molecule has 1 aliphatic heterocycles. The summed E-state index contributed by atoms with van der Waals surface area (Å²) in [6, 6.07) is 7.53. The Balaban J connectivity index is 1.72. The minimum atomic E-state index is -0.189. The summed E-state index contributed by atoms with van der Waals surface area (Å²) in [6.45, 7) is 1.80. The van der Waals surface area contributed by atoms with Gasteiger partial charge in [-0.05, 0) is 24.3 Å². The number of nitrogens with zero attached hydrogens (tertiary/aromatic N) is 3. The lowest BCUT2D eigenvalue weighted by Crippen LogP contribution is -2.40. The fourth-order valence-electron chi connectivity index (χ4n) is 2.36. The Kier molecular flexibility index (Phi) is 2.67. The number of hydrogen-bond acceptors (Lipinski definition) is 5. The Labute approximate surface area is 115 Å². The van der Waals surface area contributed by atoms with Gasteiger partial charge in [0, 0.05) is 25.5 Å². The first-order valence-corrected chi connectivity index (χ1v) is 6.62. The van der Waals surface area contributed by atoms with E-state index >= 15 is 0 Å². The van der Waals surface area contributed by atoms with Gasteiger partial charge in [-0.15, -0.1) is 0 Å². The van der Waals surface area contributed by atoms with Crippen molar-refractivity contribution in [3.05, 3.63) is 60.4 Å². The lowest BCUT2D eigenvalue weighted by atomic mass is 10.0. The van der Waals surface area contributed by atoms with Crippen LogP contribution < -0.4 is 5.32 Å². The summed E-state index contributed by atoms with van der Waals surface area (Å²) in [7, 11) is 0. The number of hydrogen-bond donors (Lipinski definition) is 1. The maximum absolute atomic E-state index is 5.53. The van der Waals surface area contributed by atoms with Crippen LogP contribution in [0.15, 0.2) is 51.9 Å². The quantitative estimate of drug-likeness (QED) is 0.782. The lowest BCUT2D eigenvalue weighted by molar-refractivity contribution is 0.304. The lowest BCUT2D eigenvalue weighted by Gasteiger charge is -2.22. The van der Waals surface area contributed by atoms with E-state index in [1.807, 2.05) is 41.2 Å². The number of nitrogens with one attached hydrogen (secondary N) is 1. The Morgan fingerprint density at radius 2 is 2.10 bits per heavy atom. The highest BCUT2D eigenvalue weighted by Crippen LogP contribution is 2.27. The molecular weight excluding hydrogens is 256 g/mol. The molecule has 102 valence electrons. The van der Waals surface area contributed by atoms with Gasteiger partial charge in [-0.1, -0.05) is 5.16 Å². The van der Waals surface area contributed by atoms with Crippen LogP contribution in [0, 0.1) is 0 Å². The Bertz CT molecular complexity index is 634. The molecule has 1 atom stereocenters. The average Bonchev–Trinajstić information content (AvgIpc) is 3.10. The zero-order valence-corrected chi connectivity index (χ0v) is 10.8. The van der Waals surface area contributed by atoms with Gasteiger partial charge in [0.15, 0.2) is 6.04 Å². The van der Waals surface area contributed by atoms with Gasteiger partial charge in [0.1, 0.15) is 5.76 Å². The normalized spacial score (nSPS) is 17.0. The molecule has 1 saturated heterocycles. The highest BCUT2D eigenvalue weighted by atomic mass is 16.5. The molecule has 1 aliphatic rings. The predicted molar refractivity (Wildman–Crippen MR) is 70.3 cm³/mol. The van der Waals surface area contributed by atoms with Crippen LogP contribution in [0.25, 0.3) is 0 Å². The largest absolute Gasteiger partial charge is 0.467 e. The van der Waals surface area contributed by atoms with Crippen molar-refractivity contribution >= 4 is 0 Å². The van der Waals surface area contributed by atoms with E-state index in [9.17, 15) is 0 Å². The maximum atomic E-state index is 5.53. The van der Waals surface area contributed by atoms with Crippen molar-refractivity contribution in [1.82, 2.24) is 20.0 Å². The molecule has 1 N–H and O–H groups in total. The molecular formula is C14H14N4O2. The third kappa shape index (κ3) is 1.85. The van der Waals surface area contributed by atoms with Crippen molar-refractivity contribution < 1.29 is 8.94 Å². The maximum Gasteiger partial charge on any atom is 0.232 e. The Morgan fingerprint density at radius 3 is 2.75 bits per heavy atom. The van der Waals surface area contributed by atoms with Crippen molar-refractivity contribution in [2.75, 3.05) is 13.1 Å². The molecule has 0 aromatic carbocycles. The molecule has 0 unspecified atom stereocenters. The smallest absolute Gasteiger partial charge is 0.232 e. The molecule has 3 aromatic rings. The van der Waals surface area contributed by atoms with E-state index in [2.05, 4.69) is 15.5 Å². The second kappa shape index (κ2) is 4.64. The Hall–Kier alpha value is -2.34. The summed E-state index contributed by atoms with van der Waals surface area (Å²) in [6.07, 6.45) is 5.59. The fourth-order valence-corrected chi connectivity index (χ4v) is 2.36. The SMILES string of the molecule is c1coc([C@H](c2noc(C3CNC3)n2)n2cccc2)c1. The summed E-state index contributed by atoms with van der Waals surface area (Å²) in [5.74, 6) is 2.44. The molecule has 4 rings (SSSR count). The van der Waals surface area contributed by atoms with Crippen molar-refractivity contribution in [1.29, 1.82) is 0 Å². The van der Waals surface area contributed by atoms with Crippen LogP contribution in [0.2, 0.25) is 0 Å². The van der Waals surface area contributed by atoms with Crippen molar-refractivity contribution in [2.24, 2.45) is 0 Å². The molecule has 3 aromatic heterocycles. The summed E-state index contributed by atoms with van der Waals surface area (Å²) < 4.78 is 12.9. The van der Waals surface area contributed by atoms with Crippen molar-refractivity contribution in [3.63, 3.8) is 0 Å². The van der Waals surface area contributed by atoms with Crippen LogP contribution in [-0.4, -0.2) is 27.8 Å². The predicted octanol–water partition coefficient (Wildman–Crippen LogP) is 1.79. The molecule has 1 fully saturated rings. The van der Waals surface area contributed by atoms with E-state index in [0.717, 1.165) is 18.8 Å². The molecule has 6 heteroatoms. The molecule has 20 heavy (non-hydrogen) atoms. The standard InChI is InChI=1S/C14H14N4O2/c1-2-6-18(5-1)12(11-4-3-7-19-11)13-16-14(20-17-13)10-8-15-9-10/h1-7,10,12,15H,8-9H2/t12-/m1/s1. The van der Waals surface area contributed by atoms with E-state index in [1.165, 1.54) is 0 Å². The van der Waals surface area contributed by atoms with E-state index in [1.54, 1.807) is 6.26 Å². The fraction of sp³-hybridized carbons (Fsp3) is 0.286. The van der Waals surface area contributed by atoms with Crippen molar-refractivity contribution in [3.8, 4) is 0 Å². The molecule has 0 bridgehead atoms. The Morgan fingerprint density at radius 1 is 1.25 bits per heavy atom. The molecule has 6 nitrogen and oxygen atoms in total. The van der Waals surface area contributed by atoms with E-state index < -0.39 is 0 Å². The summed E-state index contributed by atoms with van der Waals surface area (Å²) >= 11 is 0. The topological polar surface area (TPSA) is 69.0 Å². The second-order valence-electron chi connectivity index (χ2n) is 4.89. The van der Waals surface area contributed by atoms with Gasteiger partial charge in [-0.25, -0.2) is 0 Å². The van der Waals surface area contributed by atoms with Crippen LogP contribution in [0.5, 0.6) is 0 Å². The third-order valence-corrected chi connectivity index (χ3v) is 3.57. The molecule has 0 saturated carbocycles. The van der Waals surface area contributed by atoms with Crippen LogP contribution in [0.3, 0.4) is 0 Å². The number of furan rings is 1. The first kappa shape index (κ1) is 11.5. The minimum absolute atomic E-state index is 0.189. The van der Waals surface area contributed by atoms with Crippen LogP contribution in [0.4, 0.5) is 0 Å². The summed E-state index contributed by atoms with van der Waals surface area (Å²) in [5, 5.41) is 7.34. The van der Waals surface area contributed by atoms with Gasteiger partial charge >= 0.3 is 0 Å². The van der Waals surface area contributed by atoms with Gasteiger partial charge in [-0.2, -0.15) is 4.98 Å². The molecule has 0 amide bonds. The average molecular weight is 270 g/mol. The van der Waals surface area contributed by atoms with Gasteiger partial charge in [-0.3, -0.25) is 0 Å². The van der Waals surface area contributed by atoms with Crippen LogP contribution >= 0.6 is 0 Å². The van der Waals surface area contributed by atoms with Gasteiger partial charge in [0.05, 0.1) is 12.2 Å². The highest BCUT2D eigenvalue weighted by molar-refractivity contribution is 5.18. The van der Waals surface area contributed by atoms with Gasteiger partial charge in [0.2, 0.25) is 11.7 Å². The minimum Gasteiger partial charge on any atom is -0.467 e. The van der Waals surface area contributed by atoms with Crippen LogP contribution in [0.1, 0.15) is 29.4 Å². The number of aromatic nitrogens is 3. The third-order valence-electron chi connectivity index (χ3n) is 3.57. The summed E-state index contributed by atoms with van der Waals surface area (Å²) in [4.78, 5) is 4.55. The van der Waals surface area contributed by atoms with Crippen LogP contribution in [-0.2, 0) is 0 Å². The highest BCUT2D eigenvalue weighted by Gasteiger charge is 2.29. The van der Waals surface area contributed by atoms with Crippen molar-refractivity contribution in [2.45, 2.75) is 12.0 Å². The molecule has 0 spiro atoms. The van der Waals surface area contributed by atoms with Gasteiger partial charge < -0.3 is 18.8 Å². The van der Waals surface area contributed by atoms with E-state index in [0.29, 0.717) is 17.6 Å². The zero-order valence-electron chi connectivity index (χ0n) is 10.8. The van der Waals surface area contributed by atoms with Gasteiger partial charge in [0.25, 0.3) is 0 Å². The molecule has 4 heterocycles. The zero-order chi connectivity index (χ0) is 13.4. The first-order valence-electron chi connectivity index (χ1n) is 6.62. The molecule has 0 radical (unpaired) electrons. The second-order valence-corrected chi connectivity index (χ2v) is 4.89. The summed E-state index contributed by atoms with van der Waals surface area (Å²) in [5.41, 5.74) is 0. The first-order chi connectivity index (χ1) is 9.92. The van der Waals surface area contributed by atoms with E-state index in [4.69, 9.17) is 8.94 Å².